The zero-order chi connectivity index (χ0) is 22.1. The summed E-state index contributed by atoms with van der Waals surface area (Å²) in [6.07, 6.45) is 6.56. The Kier molecular flexibility index (Phi) is 8.24. The lowest BCUT2D eigenvalue weighted by Gasteiger charge is -2.11. The first-order valence-corrected chi connectivity index (χ1v) is 11.2. The van der Waals surface area contributed by atoms with Gasteiger partial charge >= 0.3 is 0 Å². The standard InChI is InChI=1S/C25H28N2O3S/c1-4-5-9-16-30-21-14-12-19(17-22(21)29-3)13-15-23(28)26-25-27-24(18(2)31-25)20-10-7-6-8-11-20/h6-8,10-15,17H,4-5,9,16H2,1-3H3,(H,26,27,28)/b15-13+. The van der Waals surface area contributed by atoms with Crippen molar-refractivity contribution >= 4 is 28.5 Å². The minimum Gasteiger partial charge on any atom is -0.493 e. The van der Waals surface area contributed by atoms with Crippen molar-refractivity contribution in [1.82, 2.24) is 4.98 Å². The van der Waals surface area contributed by atoms with Gasteiger partial charge in [0.2, 0.25) is 5.91 Å². The van der Waals surface area contributed by atoms with Gasteiger partial charge < -0.3 is 9.47 Å². The molecular formula is C25H28N2O3S. The van der Waals surface area contributed by atoms with Crippen molar-refractivity contribution in [1.29, 1.82) is 0 Å². The van der Waals surface area contributed by atoms with Crippen LogP contribution in [0.5, 0.6) is 11.5 Å². The molecule has 3 aromatic rings. The fourth-order valence-corrected chi connectivity index (χ4v) is 3.91. The number of nitrogens with zero attached hydrogens (tertiary/aromatic N) is 1. The molecule has 0 aliphatic rings. The maximum absolute atomic E-state index is 12.4. The van der Waals surface area contributed by atoms with Crippen molar-refractivity contribution in [3.05, 3.63) is 65.0 Å². The number of aryl methyl sites for hydroxylation is 1. The van der Waals surface area contributed by atoms with Crippen molar-refractivity contribution in [3.8, 4) is 22.8 Å². The molecule has 3 rings (SSSR count). The number of ether oxygens (including phenoxy) is 2. The number of amides is 1. The second-order valence-electron chi connectivity index (χ2n) is 7.08. The van der Waals surface area contributed by atoms with E-state index in [-0.39, 0.29) is 5.91 Å². The Labute approximate surface area is 187 Å². The molecule has 0 bridgehead atoms. The number of anilines is 1. The first-order chi connectivity index (χ1) is 15.1. The van der Waals surface area contributed by atoms with Crippen LogP contribution in [0.4, 0.5) is 5.13 Å². The van der Waals surface area contributed by atoms with Crippen LogP contribution in [0.2, 0.25) is 0 Å². The lowest BCUT2D eigenvalue weighted by Crippen LogP contribution is -2.07. The largest absolute Gasteiger partial charge is 0.493 e. The summed E-state index contributed by atoms with van der Waals surface area (Å²) in [6, 6.07) is 15.6. The van der Waals surface area contributed by atoms with E-state index >= 15 is 0 Å². The zero-order valence-electron chi connectivity index (χ0n) is 18.2. The fraction of sp³-hybridized carbons (Fsp3) is 0.280. The summed E-state index contributed by atoms with van der Waals surface area (Å²) in [4.78, 5) is 18.0. The van der Waals surface area contributed by atoms with E-state index in [1.54, 1.807) is 13.2 Å². The van der Waals surface area contributed by atoms with E-state index in [1.807, 2.05) is 55.5 Å². The van der Waals surface area contributed by atoms with Crippen LogP contribution in [0, 0.1) is 6.92 Å². The predicted molar refractivity (Wildman–Crippen MR) is 128 cm³/mol. The lowest BCUT2D eigenvalue weighted by atomic mass is 10.1. The molecule has 5 nitrogen and oxygen atoms in total. The van der Waals surface area contributed by atoms with Crippen LogP contribution in [0.25, 0.3) is 17.3 Å². The van der Waals surface area contributed by atoms with Gasteiger partial charge in [-0.05, 0) is 37.1 Å². The smallest absolute Gasteiger partial charge is 0.250 e. The molecule has 162 valence electrons. The van der Waals surface area contributed by atoms with E-state index in [0.717, 1.165) is 41.0 Å². The molecule has 0 fully saturated rings. The Morgan fingerprint density at radius 2 is 1.94 bits per heavy atom. The maximum atomic E-state index is 12.4. The molecule has 0 atom stereocenters. The topological polar surface area (TPSA) is 60.5 Å². The highest BCUT2D eigenvalue weighted by molar-refractivity contribution is 7.16. The van der Waals surface area contributed by atoms with E-state index < -0.39 is 0 Å². The summed E-state index contributed by atoms with van der Waals surface area (Å²) in [6.45, 7) is 4.83. The number of thiazole rings is 1. The number of hydrogen-bond acceptors (Lipinski definition) is 5. The summed E-state index contributed by atoms with van der Waals surface area (Å²) >= 11 is 1.46. The van der Waals surface area contributed by atoms with Crippen molar-refractivity contribution in [2.24, 2.45) is 0 Å². The Hall–Kier alpha value is -3.12. The second kappa shape index (κ2) is 11.3. The quantitative estimate of drug-likeness (QED) is 0.297. The van der Waals surface area contributed by atoms with Crippen LogP contribution in [0.1, 0.15) is 36.6 Å². The third kappa shape index (κ3) is 6.43. The molecule has 0 saturated carbocycles. The van der Waals surface area contributed by atoms with Gasteiger partial charge in [-0.25, -0.2) is 4.98 Å². The van der Waals surface area contributed by atoms with Gasteiger partial charge in [-0.15, -0.1) is 11.3 Å². The highest BCUT2D eigenvalue weighted by atomic mass is 32.1. The molecule has 0 radical (unpaired) electrons. The summed E-state index contributed by atoms with van der Waals surface area (Å²) in [5, 5.41) is 3.43. The number of methoxy groups -OCH3 is 1. The summed E-state index contributed by atoms with van der Waals surface area (Å²) in [5.41, 5.74) is 2.79. The Bertz CT molecular complexity index is 1030. The monoisotopic (exact) mass is 436 g/mol. The summed E-state index contributed by atoms with van der Waals surface area (Å²) < 4.78 is 11.2. The van der Waals surface area contributed by atoms with Crippen molar-refractivity contribution in [2.45, 2.75) is 33.1 Å². The van der Waals surface area contributed by atoms with Gasteiger partial charge in [0.15, 0.2) is 16.6 Å². The minimum absolute atomic E-state index is 0.229. The van der Waals surface area contributed by atoms with Gasteiger partial charge in [0.1, 0.15) is 0 Å². The molecule has 31 heavy (non-hydrogen) atoms. The van der Waals surface area contributed by atoms with E-state index in [1.165, 1.54) is 17.4 Å². The van der Waals surface area contributed by atoms with Crippen LogP contribution < -0.4 is 14.8 Å². The molecule has 0 saturated heterocycles. The number of unbranched alkanes of at least 4 members (excludes halogenated alkanes) is 2. The molecule has 1 N–H and O–H groups in total. The van der Waals surface area contributed by atoms with E-state index in [9.17, 15) is 4.79 Å². The van der Waals surface area contributed by atoms with E-state index in [0.29, 0.717) is 23.2 Å². The molecule has 2 aromatic carbocycles. The zero-order valence-corrected chi connectivity index (χ0v) is 19.0. The average Bonchev–Trinajstić information content (AvgIpc) is 3.16. The lowest BCUT2D eigenvalue weighted by molar-refractivity contribution is -0.111. The van der Waals surface area contributed by atoms with E-state index in [2.05, 4.69) is 17.2 Å². The van der Waals surface area contributed by atoms with Gasteiger partial charge in [-0.1, -0.05) is 56.2 Å². The Morgan fingerprint density at radius 3 is 2.68 bits per heavy atom. The highest BCUT2D eigenvalue weighted by Crippen LogP contribution is 2.31. The number of carbonyl (C=O) groups excluding carboxylic acids is 1. The molecule has 1 heterocycles. The molecule has 0 unspecified atom stereocenters. The minimum atomic E-state index is -0.229. The molecule has 0 spiro atoms. The number of carbonyl (C=O) groups is 1. The number of aromatic nitrogens is 1. The SMILES string of the molecule is CCCCCOc1ccc(/C=C/C(=O)Nc2nc(-c3ccccc3)c(C)s2)cc1OC. The number of benzene rings is 2. The maximum Gasteiger partial charge on any atom is 0.250 e. The third-order valence-electron chi connectivity index (χ3n) is 4.69. The van der Waals surface area contributed by atoms with Crippen molar-refractivity contribution in [3.63, 3.8) is 0 Å². The fourth-order valence-electron chi connectivity index (χ4n) is 3.07. The van der Waals surface area contributed by atoms with Crippen LogP contribution >= 0.6 is 11.3 Å². The van der Waals surface area contributed by atoms with Gasteiger partial charge in [0, 0.05) is 16.5 Å². The number of hydrogen-bond donors (Lipinski definition) is 1. The summed E-state index contributed by atoms with van der Waals surface area (Å²) in [7, 11) is 1.61. The number of nitrogens with one attached hydrogen (secondary N) is 1. The second-order valence-corrected chi connectivity index (χ2v) is 8.28. The van der Waals surface area contributed by atoms with E-state index in [4.69, 9.17) is 9.47 Å². The van der Waals surface area contributed by atoms with Crippen LogP contribution in [-0.2, 0) is 4.79 Å². The van der Waals surface area contributed by atoms with Crippen molar-refractivity contribution in [2.75, 3.05) is 19.0 Å². The van der Waals surface area contributed by atoms with Crippen molar-refractivity contribution < 1.29 is 14.3 Å². The third-order valence-corrected chi connectivity index (χ3v) is 5.58. The number of rotatable bonds is 10. The molecule has 1 amide bonds. The predicted octanol–water partition coefficient (Wildman–Crippen LogP) is 6.35. The average molecular weight is 437 g/mol. The molecular weight excluding hydrogens is 408 g/mol. The first-order valence-electron chi connectivity index (χ1n) is 10.4. The molecule has 6 heteroatoms. The Morgan fingerprint density at radius 1 is 1.13 bits per heavy atom. The van der Waals surface area contributed by atoms with Gasteiger partial charge in [-0.2, -0.15) is 0 Å². The van der Waals surface area contributed by atoms with Gasteiger partial charge in [0.05, 0.1) is 19.4 Å². The molecule has 1 aromatic heterocycles. The molecule has 0 aliphatic heterocycles. The van der Waals surface area contributed by atoms with Gasteiger partial charge in [-0.3, -0.25) is 10.1 Å². The van der Waals surface area contributed by atoms with Crippen LogP contribution in [0.15, 0.2) is 54.6 Å². The highest BCUT2D eigenvalue weighted by Gasteiger charge is 2.11. The normalized spacial score (nSPS) is 10.9. The van der Waals surface area contributed by atoms with Gasteiger partial charge in [0.25, 0.3) is 0 Å². The first kappa shape index (κ1) is 22.6. The molecule has 0 aliphatic carbocycles. The van der Waals surface area contributed by atoms with Crippen LogP contribution in [-0.4, -0.2) is 24.6 Å². The Balaban J connectivity index is 1.62. The van der Waals surface area contributed by atoms with Crippen LogP contribution in [0.3, 0.4) is 0 Å². The summed E-state index contributed by atoms with van der Waals surface area (Å²) in [5.74, 6) is 1.14.